The summed E-state index contributed by atoms with van der Waals surface area (Å²) in [7, 11) is 3.68. The predicted molar refractivity (Wildman–Crippen MR) is 76.0 cm³/mol. The number of ether oxygens (including phenoxy) is 1. The van der Waals surface area contributed by atoms with Crippen molar-refractivity contribution in [3.63, 3.8) is 0 Å². The van der Waals surface area contributed by atoms with Gasteiger partial charge in [0.15, 0.2) is 5.82 Å². The first-order valence-electron chi connectivity index (χ1n) is 6.69. The van der Waals surface area contributed by atoms with Gasteiger partial charge in [-0.3, -0.25) is 4.79 Å². The Morgan fingerprint density at radius 3 is 2.75 bits per heavy atom. The number of nitrogens with zero attached hydrogens (tertiary/aromatic N) is 3. The molecule has 20 heavy (non-hydrogen) atoms. The number of piperazine rings is 1. The third-order valence-electron chi connectivity index (χ3n) is 3.68. The van der Waals surface area contributed by atoms with E-state index in [0.29, 0.717) is 5.82 Å². The van der Waals surface area contributed by atoms with Crippen LogP contribution in [0.25, 0.3) is 11.0 Å². The third kappa shape index (κ3) is 2.34. The minimum atomic E-state index is -0.0340. The standard InChI is InChI=1S/C14H18N4O2/c1-17-5-7-18(8-6-17)14(19)13-15-11-4-3-10(20-2)9-12(11)16-13/h3-4,9H,5-8H2,1-2H3,(H,15,16). The van der Waals surface area contributed by atoms with Gasteiger partial charge in [0, 0.05) is 32.2 Å². The molecule has 1 saturated heterocycles. The molecule has 2 heterocycles. The molecule has 1 aromatic carbocycles. The second-order valence-corrected chi connectivity index (χ2v) is 5.06. The lowest BCUT2D eigenvalue weighted by atomic mass is 10.3. The lowest BCUT2D eigenvalue weighted by molar-refractivity contribution is 0.0653. The maximum absolute atomic E-state index is 12.4. The Morgan fingerprint density at radius 1 is 1.30 bits per heavy atom. The van der Waals surface area contributed by atoms with Crippen LogP contribution in [0.3, 0.4) is 0 Å². The highest BCUT2D eigenvalue weighted by atomic mass is 16.5. The maximum Gasteiger partial charge on any atom is 0.289 e. The molecular formula is C14H18N4O2. The minimum Gasteiger partial charge on any atom is -0.497 e. The van der Waals surface area contributed by atoms with E-state index in [2.05, 4.69) is 21.9 Å². The number of hydrogen-bond acceptors (Lipinski definition) is 4. The summed E-state index contributed by atoms with van der Waals surface area (Å²) in [5.74, 6) is 1.11. The molecule has 0 bridgehead atoms. The van der Waals surface area contributed by atoms with E-state index in [1.807, 2.05) is 23.1 Å². The third-order valence-corrected chi connectivity index (χ3v) is 3.68. The van der Waals surface area contributed by atoms with Crippen LogP contribution >= 0.6 is 0 Å². The molecule has 0 aliphatic carbocycles. The normalized spacial score (nSPS) is 16.6. The average Bonchev–Trinajstić information content (AvgIpc) is 2.90. The summed E-state index contributed by atoms with van der Waals surface area (Å²) < 4.78 is 5.17. The first-order valence-corrected chi connectivity index (χ1v) is 6.69. The number of rotatable bonds is 2. The van der Waals surface area contributed by atoms with Crippen LogP contribution in [0.15, 0.2) is 18.2 Å². The summed E-state index contributed by atoms with van der Waals surface area (Å²) >= 11 is 0. The molecule has 1 aliphatic heterocycles. The van der Waals surface area contributed by atoms with Gasteiger partial charge in [0.2, 0.25) is 0 Å². The first kappa shape index (κ1) is 12.9. The largest absolute Gasteiger partial charge is 0.497 e. The van der Waals surface area contributed by atoms with Gasteiger partial charge in [-0.2, -0.15) is 0 Å². The Kier molecular flexibility index (Phi) is 3.31. The summed E-state index contributed by atoms with van der Waals surface area (Å²) in [6.07, 6.45) is 0. The number of nitrogens with one attached hydrogen (secondary N) is 1. The van der Waals surface area contributed by atoms with Crippen LogP contribution in [-0.2, 0) is 0 Å². The van der Waals surface area contributed by atoms with Gasteiger partial charge in [0.05, 0.1) is 18.1 Å². The summed E-state index contributed by atoms with van der Waals surface area (Å²) in [4.78, 5) is 23.9. The van der Waals surface area contributed by atoms with Gasteiger partial charge in [0.25, 0.3) is 5.91 Å². The SMILES string of the molecule is COc1ccc2[nH]c(C(=O)N3CCN(C)CC3)nc2c1. The number of amides is 1. The summed E-state index contributed by atoms with van der Waals surface area (Å²) in [6.45, 7) is 3.30. The molecular weight excluding hydrogens is 256 g/mol. The Morgan fingerprint density at radius 2 is 2.05 bits per heavy atom. The fraction of sp³-hybridized carbons (Fsp3) is 0.429. The van der Waals surface area contributed by atoms with Crippen molar-refractivity contribution in [3.8, 4) is 5.75 Å². The zero-order valence-electron chi connectivity index (χ0n) is 11.7. The zero-order valence-corrected chi connectivity index (χ0v) is 11.7. The molecule has 1 N–H and O–H groups in total. The number of likely N-dealkylation sites (N-methyl/N-ethyl adjacent to an activating group) is 1. The topological polar surface area (TPSA) is 61.5 Å². The molecule has 6 heteroatoms. The Labute approximate surface area is 117 Å². The highest BCUT2D eigenvalue weighted by Crippen LogP contribution is 2.19. The van der Waals surface area contributed by atoms with Crippen LogP contribution in [-0.4, -0.2) is 66.0 Å². The minimum absolute atomic E-state index is 0.0340. The molecule has 2 aromatic rings. The Balaban J connectivity index is 1.84. The number of H-pyrrole nitrogens is 1. The van der Waals surface area contributed by atoms with Gasteiger partial charge >= 0.3 is 0 Å². The maximum atomic E-state index is 12.4. The second-order valence-electron chi connectivity index (χ2n) is 5.06. The molecule has 1 amide bonds. The van der Waals surface area contributed by atoms with E-state index < -0.39 is 0 Å². The quantitative estimate of drug-likeness (QED) is 0.886. The molecule has 0 unspecified atom stereocenters. The van der Waals surface area contributed by atoms with Crippen LogP contribution in [0.4, 0.5) is 0 Å². The molecule has 0 radical (unpaired) electrons. The fourth-order valence-electron chi connectivity index (χ4n) is 2.37. The number of methoxy groups -OCH3 is 1. The number of aromatic amines is 1. The highest BCUT2D eigenvalue weighted by Gasteiger charge is 2.22. The van der Waals surface area contributed by atoms with Gasteiger partial charge < -0.3 is 19.5 Å². The van der Waals surface area contributed by atoms with Gasteiger partial charge in [-0.05, 0) is 19.2 Å². The molecule has 6 nitrogen and oxygen atoms in total. The second kappa shape index (κ2) is 5.13. The molecule has 1 aromatic heterocycles. The van der Waals surface area contributed by atoms with Crippen molar-refractivity contribution >= 4 is 16.9 Å². The molecule has 1 fully saturated rings. The van der Waals surface area contributed by atoms with Crippen LogP contribution < -0.4 is 4.74 Å². The van der Waals surface area contributed by atoms with Crippen LogP contribution in [0.5, 0.6) is 5.75 Å². The average molecular weight is 274 g/mol. The van der Waals surface area contributed by atoms with Gasteiger partial charge in [-0.1, -0.05) is 0 Å². The van der Waals surface area contributed by atoms with Crippen molar-refractivity contribution in [3.05, 3.63) is 24.0 Å². The van der Waals surface area contributed by atoms with Crippen molar-refractivity contribution in [1.82, 2.24) is 19.8 Å². The van der Waals surface area contributed by atoms with E-state index in [9.17, 15) is 4.79 Å². The lowest BCUT2D eigenvalue weighted by Crippen LogP contribution is -2.47. The summed E-state index contributed by atoms with van der Waals surface area (Å²) in [5, 5.41) is 0. The highest BCUT2D eigenvalue weighted by molar-refractivity contribution is 5.94. The Bertz CT molecular complexity index is 629. The van der Waals surface area contributed by atoms with Crippen molar-refractivity contribution in [1.29, 1.82) is 0 Å². The summed E-state index contributed by atoms with van der Waals surface area (Å²) in [6, 6.07) is 5.55. The van der Waals surface area contributed by atoms with Crippen molar-refractivity contribution in [2.24, 2.45) is 0 Å². The molecule has 0 spiro atoms. The molecule has 1 aliphatic rings. The number of imidazole rings is 1. The van der Waals surface area contributed by atoms with Gasteiger partial charge in [-0.15, -0.1) is 0 Å². The number of hydrogen-bond donors (Lipinski definition) is 1. The van der Waals surface area contributed by atoms with E-state index >= 15 is 0 Å². The van der Waals surface area contributed by atoms with Crippen molar-refractivity contribution in [2.45, 2.75) is 0 Å². The number of carbonyl (C=O) groups excluding carboxylic acids is 1. The molecule has 106 valence electrons. The number of benzene rings is 1. The van der Waals surface area contributed by atoms with Crippen molar-refractivity contribution < 1.29 is 9.53 Å². The van der Waals surface area contributed by atoms with E-state index in [-0.39, 0.29) is 5.91 Å². The van der Waals surface area contributed by atoms with Crippen LogP contribution in [0, 0.1) is 0 Å². The number of aromatic nitrogens is 2. The monoisotopic (exact) mass is 274 g/mol. The molecule has 0 atom stereocenters. The fourth-order valence-corrected chi connectivity index (χ4v) is 2.37. The number of fused-ring (bicyclic) bond motifs is 1. The van der Waals surface area contributed by atoms with E-state index in [1.165, 1.54) is 0 Å². The number of carbonyl (C=O) groups is 1. The molecule has 0 saturated carbocycles. The molecule has 3 rings (SSSR count). The van der Waals surface area contributed by atoms with Gasteiger partial charge in [-0.25, -0.2) is 4.98 Å². The van der Waals surface area contributed by atoms with Crippen LogP contribution in [0.2, 0.25) is 0 Å². The van der Waals surface area contributed by atoms with Gasteiger partial charge in [0.1, 0.15) is 5.75 Å². The van der Waals surface area contributed by atoms with E-state index in [4.69, 9.17) is 4.74 Å². The lowest BCUT2D eigenvalue weighted by Gasteiger charge is -2.31. The zero-order chi connectivity index (χ0) is 14.1. The van der Waals surface area contributed by atoms with E-state index in [0.717, 1.165) is 43.0 Å². The van der Waals surface area contributed by atoms with Crippen LogP contribution in [0.1, 0.15) is 10.6 Å². The smallest absolute Gasteiger partial charge is 0.289 e. The predicted octanol–water partition coefficient (Wildman–Crippen LogP) is 0.959. The Hall–Kier alpha value is -2.08. The van der Waals surface area contributed by atoms with Crippen molar-refractivity contribution in [2.75, 3.05) is 40.3 Å². The summed E-state index contributed by atoms with van der Waals surface area (Å²) in [5.41, 5.74) is 1.60. The first-order chi connectivity index (χ1) is 9.67. The van der Waals surface area contributed by atoms with E-state index in [1.54, 1.807) is 7.11 Å².